The number of unbranched alkanes of at least 4 members (excludes halogenated alkanes) is 6. The molecule has 9 nitrogen and oxygen atoms in total. The molecule has 3 N–H and O–H groups in total. The molecule has 0 bridgehead atoms. The molecule has 46 heavy (non-hydrogen) atoms. The number of phosphoric acid groups is 1. The van der Waals surface area contributed by atoms with Gasteiger partial charge in [-0.15, -0.1) is 0 Å². The molecule has 0 radical (unpaired) electrons. The molecule has 0 aliphatic heterocycles. The lowest BCUT2D eigenvalue weighted by atomic mass is 10.00. The van der Waals surface area contributed by atoms with Crippen molar-refractivity contribution < 1.29 is 43.0 Å². The van der Waals surface area contributed by atoms with E-state index in [1.165, 1.54) is 25.7 Å². The van der Waals surface area contributed by atoms with Gasteiger partial charge in [0.1, 0.15) is 6.61 Å². The molecular formula is C36H63O9P. The lowest BCUT2D eigenvalue weighted by Crippen LogP contribution is -2.29. The first-order valence-electron chi connectivity index (χ1n) is 17.4. The average molecular weight is 671 g/mol. The highest BCUT2D eigenvalue weighted by Crippen LogP contribution is 2.36. The summed E-state index contributed by atoms with van der Waals surface area (Å²) in [6.07, 6.45) is 30.6. The lowest BCUT2D eigenvalue weighted by molar-refractivity contribution is -0.161. The molecule has 0 aromatic heterocycles. The number of hydrogen-bond acceptors (Lipinski definition) is 7. The number of aliphatic hydroxyl groups is 1. The van der Waals surface area contributed by atoms with E-state index in [9.17, 15) is 19.3 Å². The molecule has 0 aromatic carbocycles. The highest BCUT2D eigenvalue weighted by molar-refractivity contribution is 7.46. The van der Waals surface area contributed by atoms with Gasteiger partial charge in [0.2, 0.25) is 0 Å². The van der Waals surface area contributed by atoms with Gasteiger partial charge in [0.25, 0.3) is 0 Å². The van der Waals surface area contributed by atoms with Gasteiger partial charge in [0.05, 0.1) is 12.7 Å². The summed E-state index contributed by atoms with van der Waals surface area (Å²) >= 11 is 0. The van der Waals surface area contributed by atoms with Gasteiger partial charge < -0.3 is 24.4 Å². The molecule has 0 saturated carbocycles. The van der Waals surface area contributed by atoms with Crippen molar-refractivity contribution in [2.75, 3.05) is 13.2 Å². The summed E-state index contributed by atoms with van der Waals surface area (Å²) < 4.78 is 26.1. The van der Waals surface area contributed by atoms with Crippen LogP contribution in [-0.2, 0) is 28.2 Å². The van der Waals surface area contributed by atoms with Gasteiger partial charge in [-0.3, -0.25) is 14.1 Å². The van der Waals surface area contributed by atoms with Crippen LogP contribution in [0.3, 0.4) is 0 Å². The van der Waals surface area contributed by atoms with E-state index < -0.39 is 32.5 Å². The molecule has 0 saturated heterocycles. The van der Waals surface area contributed by atoms with Crippen LogP contribution in [0.4, 0.5) is 0 Å². The summed E-state index contributed by atoms with van der Waals surface area (Å²) in [5, 5.41) is 9.68. The second-order valence-corrected chi connectivity index (χ2v) is 13.2. The van der Waals surface area contributed by atoms with Crippen LogP contribution in [0.2, 0.25) is 0 Å². The Morgan fingerprint density at radius 1 is 0.717 bits per heavy atom. The summed E-state index contributed by atoms with van der Waals surface area (Å²) in [7, 11) is -4.77. The van der Waals surface area contributed by atoms with Gasteiger partial charge in [0.15, 0.2) is 6.10 Å². The van der Waals surface area contributed by atoms with Crippen molar-refractivity contribution in [2.24, 2.45) is 5.92 Å². The van der Waals surface area contributed by atoms with Gasteiger partial charge in [-0.05, 0) is 57.3 Å². The maximum absolute atomic E-state index is 12.3. The van der Waals surface area contributed by atoms with Crippen LogP contribution in [0.1, 0.15) is 136 Å². The number of esters is 2. The number of carbonyl (C=O) groups is 2. The van der Waals surface area contributed by atoms with E-state index in [0.29, 0.717) is 25.7 Å². The van der Waals surface area contributed by atoms with Crippen LogP contribution in [0.5, 0.6) is 0 Å². The molecular weight excluding hydrogens is 607 g/mol. The van der Waals surface area contributed by atoms with Crippen molar-refractivity contribution in [1.82, 2.24) is 0 Å². The van der Waals surface area contributed by atoms with Crippen molar-refractivity contribution in [3.63, 3.8) is 0 Å². The van der Waals surface area contributed by atoms with Crippen molar-refractivity contribution in [3.05, 3.63) is 48.6 Å². The van der Waals surface area contributed by atoms with E-state index in [4.69, 9.17) is 19.3 Å². The van der Waals surface area contributed by atoms with Gasteiger partial charge >= 0.3 is 19.8 Å². The zero-order valence-corrected chi connectivity index (χ0v) is 29.6. The average Bonchev–Trinajstić information content (AvgIpc) is 3.01. The van der Waals surface area contributed by atoms with Crippen LogP contribution < -0.4 is 0 Å². The number of phosphoric ester groups is 1. The number of allylic oxidation sites excluding steroid dienone is 7. The van der Waals surface area contributed by atoms with Crippen molar-refractivity contribution in [3.8, 4) is 0 Å². The Balaban J connectivity index is 4.14. The fraction of sp³-hybridized carbons (Fsp3) is 0.722. The Hall–Kier alpha value is -2.03. The zero-order valence-electron chi connectivity index (χ0n) is 28.7. The molecule has 0 aliphatic carbocycles. The van der Waals surface area contributed by atoms with E-state index in [-0.39, 0.29) is 25.6 Å². The molecule has 3 atom stereocenters. The normalized spacial score (nSPS) is 14.5. The number of rotatable bonds is 30. The zero-order chi connectivity index (χ0) is 34.3. The Morgan fingerprint density at radius 3 is 1.89 bits per heavy atom. The maximum Gasteiger partial charge on any atom is 0.469 e. The van der Waals surface area contributed by atoms with Crippen LogP contribution in [0.25, 0.3) is 0 Å². The molecule has 10 heteroatoms. The summed E-state index contributed by atoms with van der Waals surface area (Å²) in [5.74, 6) is -0.209. The minimum Gasteiger partial charge on any atom is -0.462 e. The first-order valence-corrected chi connectivity index (χ1v) is 18.9. The smallest absolute Gasteiger partial charge is 0.462 e. The quantitative estimate of drug-likeness (QED) is 0.0296. The monoisotopic (exact) mass is 670 g/mol. The number of aliphatic hydroxyl groups excluding tert-OH is 1. The molecule has 0 spiro atoms. The van der Waals surface area contributed by atoms with Gasteiger partial charge in [-0.25, -0.2) is 4.57 Å². The fourth-order valence-corrected chi connectivity index (χ4v) is 4.83. The molecule has 0 heterocycles. The van der Waals surface area contributed by atoms with Crippen molar-refractivity contribution >= 4 is 19.8 Å². The summed E-state index contributed by atoms with van der Waals surface area (Å²) in [5.41, 5.74) is 0. The molecule has 0 rings (SSSR count). The number of carbonyl (C=O) groups excluding carboxylic acids is 2. The summed E-state index contributed by atoms with van der Waals surface area (Å²) in [6, 6.07) is 0. The van der Waals surface area contributed by atoms with Gasteiger partial charge in [-0.2, -0.15) is 0 Å². The Morgan fingerprint density at radius 2 is 1.28 bits per heavy atom. The minimum absolute atomic E-state index is 0.175. The third-order valence-electron chi connectivity index (χ3n) is 7.45. The lowest BCUT2D eigenvalue weighted by Gasteiger charge is -2.18. The Kier molecular flexibility index (Phi) is 29.0. The Bertz CT molecular complexity index is 922. The van der Waals surface area contributed by atoms with E-state index in [1.807, 2.05) is 18.2 Å². The molecule has 0 fully saturated rings. The molecule has 266 valence electrons. The first kappa shape index (κ1) is 44.0. The number of hydrogen-bond donors (Lipinski definition) is 3. The van der Waals surface area contributed by atoms with Gasteiger partial charge in [-0.1, -0.05) is 121 Å². The van der Waals surface area contributed by atoms with Crippen LogP contribution in [-0.4, -0.2) is 52.3 Å². The molecule has 0 aliphatic rings. The van der Waals surface area contributed by atoms with E-state index >= 15 is 0 Å². The topological polar surface area (TPSA) is 140 Å². The molecule has 2 unspecified atom stereocenters. The SMILES string of the molecule is CCCC(O)C/C=C\C/C=C\C/C=C\C/C=C\CCCC(=O)OC[C@H](COP(=O)(O)O)OC(=O)CCCCCCCCC(C)CC. The summed E-state index contributed by atoms with van der Waals surface area (Å²) in [4.78, 5) is 42.5. The third-order valence-corrected chi connectivity index (χ3v) is 7.93. The third kappa shape index (κ3) is 31.9. The van der Waals surface area contributed by atoms with E-state index in [1.54, 1.807) is 0 Å². The van der Waals surface area contributed by atoms with E-state index in [0.717, 1.165) is 57.3 Å². The van der Waals surface area contributed by atoms with E-state index in [2.05, 4.69) is 55.7 Å². The maximum atomic E-state index is 12.3. The highest BCUT2D eigenvalue weighted by atomic mass is 31.2. The highest BCUT2D eigenvalue weighted by Gasteiger charge is 2.22. The molecule has 0 aromatic rings. The second-order valence-electron chi connectivity index (χ2n) is 11.9. The molecule has 0 amide bonds. The van der Waals surface area contributed by atoms with Crippen molar-refractivity contribution in [2.45, 2.75) is 149 Å². The first-order chi connectivity index (χ1) is 22.1. The standard InChI is InChI=1S/C36H63O9P/c1-4-25-33(37)27-22-18-13-11-9-7-6-8-10-12-14-19-23-28-35(38)43-30-34(31-44-46(40,41)42)45-36(39)29-24-20-16-15-17-21-26-32(3)5-2/h6,8-9,11-12,14,18,22,32-34,37H,4-5,7,10,13,15-17,19-21,23-31H2,1-3H3,(H2,40,41,42)/b8-6-,11-9-,14-12-,22-18-/t32?,33?,34-/m1/s1. The Labute approximate surface area is 278 Å². The fourth-order valence-electron chi connectivity index (χ4n) is 4.47. The number of ether oxygens (including phenoxy) is 2. The van der Waals surface area contributed by atoms with Crippen LogP contribution in [0, 0.1) is 5.92 Å². The summed E-state index contributed by atoms with van der Waals surface area (Å²) in [6.45, 7) is 5.67. The second kappa shape index (κ2) is 30.3. The van der Waals surface area contributed by atoms with Crippen LogP contribution in [0.15, 0.2) is 48.6 Å². The minimum atomic E-state index is -4.77. The van der Waals surface area contributed by atoms with Crippen molar-refractivity contribution in [1.29, 1.82) is 0 Å². The predicted molar refractivity (Wildman–Crippen MR) is 185 cm³/mol. The van der Waals surface area contributed by atoms with Crippen LogP contribution >= 0.6 is 7.82 Å². The predicted octanol–water partition coefficient (Wildman–Crippen LogP) is 8.83. The van der Waals surface area contributed by atoms with Gasteiger partial charge in [0, 0.05) is 12.8 Å². The largest absolute Gasteiger partial charge is 0.469 e.